The molecule has 3 rings (SSSR count). The van der Waals surface area contributed by atoms with E-state index >= 15 is 0 Å². The number of carbonyl (C=O) groups is 2. The molecule has 0 atom stereocenters. The molecule has 2 aromatic carbocycles. The normalized spacial score (nSPS) is 10.8. The monoisotopic (exact) mass is 427 g/mol. The van der Waals surface area contributed by atoms with Crippen LogP contribution >= 0.6 is 11.3 Å². The molecule has 1 N–H and O–H groups in total. The summed E-state index contributed by atoms with van der Waals surface area (Å²) in [4.78, 5) is 30.9. The Bertz CT molecular complexity index is 1010. The van der Waals surface area contributed by atoms with Crippen LogP contribution in [0.4, 0.5) is 0 Å². The van der Waals surface area contributed by atoms with Gasteiger partial charge in [-0.1, -0.05) is 12.1 Å². The number of amides is 2. The maximum atomic E-state index is 12.9. The van der Waals surface area contributed by atoms with Crippen LogP contribution in [0.2, 0.25) is 0 Å². The van der Waals surface area contributed by atoms with Crippen LogP contribution in [0.1, 0.15) is 29.2 Å². The fourth-order valence-electron chi connectivity index (χ4n) is 2.91. The first-order valence-corrected chi connectivity index (χ1v) is 10.4. The van der Waals surface area contributed by atoms with Crippen molar-refractivity contribution in [1.29, 1.82) is 0 Å². The van der Waals surface area contributed by atoms with Crippen LogP contribution < -0.4 is 14.8 Å². The molecule has 7 nitrogen and oxygen atoms in total. The SMILES string of the molecule is COc1cc(C(=O)N(C)Cc2nc3ccccc3s2)ccc1OCC(=O)NC(C)C. The minimum atomic E-state index is -0.220. The number of aromatic nitrogens is 1. The predicted octanol–water partition coefficient (Wildman–Crippen LogP) is 3.48. The van der Waals surface area contributed by atoms with E-state index in [1.54, 1.807) is 41.5 Å². The number of fused-ring (bicyclic) bond motifs is 1. The van der Waals surface area contributed by atoms with Gasteiger partial charge in [-0.25, -0.2) is 4.98 Å². The molecule has 158 valence electrons. The van der Waals surface area contributed by atoms with Crippen molar-refractivity contribution in [3.05, 3.63) is 53.0 Å². The second-order valence-corrected chi connectivity index (χ2v) is 8.23. The van der Waals surface area contributed by atoms with Gasteiger partial charge in [-0.05, 0) is 44.2 Å². The van der Waals surface area contributed by atoms with Crippen LogP contribution in [0, 0.1) is 0 Å². The van der Waals surface area contributed by atoms with E-state index in [0.717, 1.165) is 15.2 Å². The van der Waals surface area contributed by atoms with Gasteiger partial charge < -0.3 is 19.7 Å². The molecule has 0 unspecified atom stereocenters. The van der Waals surface area contributed by atoms with E-state index in [9.17, 15) is 9.59 Å². The number of carbonyl (C=O) groups excluding carboxylic acids is 2. The number of benzene rings is 2. The smallest absolute Gasteiger partial charge is 0.258 e. The number of ether oxygens (including phenoxy) is 2. The topological polar surface area (TPSA) is 80.8 Å². The van der Waals surface area contributed by atoms with Crippen LogP contribution in [0.5, 0.6) is 11.5 Å². The lowest BCUT2D eigenvalue weighted by molar-refractivity contribution is -0.123. The first-order valence-electron chi connectivity index (χ1n) is 9.57. The van der Waals surface area contributed by atoms with Crippen molar-refractivity contribution in [2.75, 3.05) is 20.8 Å². The number of nitrogens with one attached hydrogen (secondary N) is 1. The van der Waals surface area contributed by atoms with Crippen LogP contribution in [-0.4, -0.2) is 48.5 Å². The van der Waals surface area contributed by atoms with Crippen molar-refractivity contribution in [1.82, 2.24) is 15.2 Å². The molecular weight excluding hydrogens is 402 g/mol. The summed E-state index contributed by atoms with van der Waals surface area (Å²) in [6.07, 6.45) is 0. The zero-order valence-corrected chi connectivity index (χ0v) is 18.3. The molecule has 0 spiro atoms. The minimum Gasteiger partial charge on any atom is -0.493 e. The Morgan fingerprint density at radius 1 is 1.17 bits per heavy atom. The van der Waals surface area contributed by atoms with Crippen molar-refractivity contribution < 1.29 is 19.1 Å². The lowest BCUT2D eigenvalue weighted by Gasteiger charge is -2.17. The summed E-state index contributed by atoms with van der Waals surface area (Å²) in [6.45, 7) is 4.04. The average Bonchev–Trinajstić information content (AvgIpc) is 3.13. The Labute approximate surface area is 179 Å². The standard InChI is InChI=1S/C22H25N3O4S/c1-14(2)23-20(26)13-29-17-10-9-15(11-18(17)28-4)22(27)25(3)12-21-24-16-7-5-6-8-19(16)30-21/h5-11,14H,12-13H2,1-4H3,(H,23,26). The van der Waals surface area contributed by atoms with Crippen molar-refractivity contribution in [2.24, 2.45) is 0 Å². The van der Waals surface area contributed by atoms with E-state index in [0.29, 0.717) is 23.6 Å². The second kappa shape index (κ2) is 9.58. The molecule has 0 aliphatic rings. The number of hydrogen-bond acceptors (Lipinski definition) is 6. The van der Waals surface area contributed by atoms with Gasteiger partial charge in [-0.2, -0.15) is 0 Å². The molecule has 0 saturated carbocycles. The third kappa shape index (κ3) is 5.27. The van der Waals surface area contributed by atoms with Gasteiger partial charge in [0.2, 0.25) is 0 Å². The molecule has 8 heteroatoms. The van der Waals surface area contributed by atoms with E-state index in [-0.39, 0.29) is 24.5 Å². The fourth-order valence-corrected chi connectivity index (χ4v) is 3.93. The molecule has 0 radical (unpaired) electrons. The number of rotatable bonds is 8. The summed E-state index contributed by atoms with van der Waals surface area (Å²) >= 11 is 1.57. The summed E-state index contributed by atoms with van der Waals surface area (Å²) in [5.41, 5.74) is 1.40. The molecule has 0 saturated heterocycles. The summed E-state index contributed by atoms with van der Waals surface area (Å²) in [5.74, 6) is 0.424. The highest BCUT2D eigenvalue weighted by Crippen LogP contribution is 2.29. The van der Waals surface area contributed by atoms with Gasteiger partial charge in [0.1, 0.15) is 5.01 Å². The van der Waals surface area contributed by atoms with Gasteiger partial charge >= 0.3 is 0 Å². The lowest BCUT2D eigenvalue weighted by atomic mass is 10.1. The van der Waals surface area contributed by atoms with Crippen LogP contribution in [-0.2, 0) is 11.3 Å². The number of nitrogens with zero attached hydrogens (tertiary/aromatic N) is 2. The van der Waals surface area contributed by atoms with Crippen LogP contribution in [0.25, 0.3) is 10.2 Å². The summed E-state index contributed by atoms with van der Waals surface area (Å²) < 4.78 is 12.0. The molecular formula is C22H25N3O4S. The van der Waals surface area contributed by atoms with Crippen molar-refractivity contribution in [3.8, 4) is 11.5 Å². The number of para-hydroxylation sites is 1. The molecule has 0 aliphatic carbocycles. The summed E-state index contributed by atoms with van der Waals surface area (Å²) in [5, 5.41) is 3.63. The Balaban J connectivity index is 1.68. The fraction of sp³-hybridized carbons (Fsp3) is 0.318. The van der Waals surface area contributed by atoms with Crippen molar-refractivity contribution in [3.63, 3.8) is 0 Å². The molecule has 1 heterocycles. The first-order chi connectivity index (χ1) is 14.4. The number of methoxy groups -OCH3 is 1. The van der Waals surface area contributed by atoms with Crippen LogP contribution in [0.3, 0.4) is 0 Å². The molecule has 2 amide bonds. The van der Waals surface area contributed by atoms with E-state index < -0.39 is 0 Å². The minimum absolute atomic E-state index is 0.0361. The quantitative estimate of drug-likeness (QED) is 0.595. The highest BCUT2D eigenvalue weighted by molar-refractivity contribution is 7.18. The molecule has 3 aromatic rings. The van der Waals surface area contributed by atoms with Gasteiger partial charge in [-0.3, -0.25) is 9.59 Å². The number of hydrogen-bond donors (Lipinski definition) is 1. The van der Waals surface area contributed by atoms with E-state index in [1.165, 1.54) is 7.11 Å². The highest BCUT2D eigenvalue weighted by Gasteiger charge is 2.17. The maximum absolute atomic E-state index is 12.9. The molecule has 0 aliphatic heterocycles. The zero-order chi connectivity index (χ0) is 21.7. The van der Waals surface area contributed by atoms with Crippen molar-refractivity contribution >= 4 is 33.4 Å². The first kappa shape index (κ1) is 21.6. The molecule has 0 fully saturated rings. The summed E-state index contributed by atoms with van der Waals surface area (Å²) in [6, 6.07) is 12.9. The molecule has 0 bridgehead atoms. The Kier molecular flexibility index (Phi) is 6.89. The Hall–Kier alpha value is -3.13. The molecule has 30 heavy (non-hydrogen) atoms. The Morgan fingerprint density at radius 2 is 1.93 bits per heavy atom. The van der Waals surface area contributed by atoms with E-state index in [4.69, 9.17) is 9.47 Å². The third-order valence-corrected chi connectivity index (χ3v) is 5.30. The Morgan fingerprint density at radius 3 is 2.63 bits per heavy atom. The van der Waals surface area contributed by atoms with Gasteiger partial charge in [0.15, 0.2) is 18.1 Å². The lowest BCUT2D eigenvalue weighted by Crippen LogP contribution is -2.34. The van der Waals surface area contributed by atoms with E-state index in [1.807, 2.05) is 38.1 Å². The third-order valence-electron chi connectivity index (χ3n) is 4.28. The number of thiazole rings is 1. The van der Waals surface area contributed by atoms with Gasteiger partial charge in [-0.15, -0.1) is 11.3 Å². The maximum Gasteiger partial charge on any atom is 0.258 e. The second-order valence-electron chi connectivity index (χ2n) is 7.11. The summed E-state index contributed by atoms with van der Waals surface area (Å²) in [7, 11) is 3.23. The van der Waals surface area contributed by atoms with Crippen molar-refractivity contribution in [2.45, 2.75) is 26.4 Å². The van der Waals surface area contributed by atoms with E-state index in [2.05, 4.69) is 10.3 Å². The zero-order valence-electron chi connectivity index (χ0n) is 17.5. The predicted molar refractivity (Wildman–Crippen MR) is 117 cm³/mol. The molecule has 1 aromatic heterocycles. The average molecular weight is 428 g/mol. The van der Waals surface area contributed by atoms with Gasteiger partial charge in [0, 0.05) is 18.7 Å². The highest BCUT2D eigenvalue weighted by atomic mass is 32.1. The largest absolute Gasteiger partial charge is 0.493 e. The van der Waals surface area contributed by atoms with Gasteiger partial charge in [0.05, 0.1) is 23.9 Å². The van der Waals surface area contributed by atoms with Gasteiger partial charge in [0.25, 0.3) is 11.8 Å². The van der Waals surface area contributed by atoms with Crippen LogP contribution in [0.15, 0.2) is 42.5 Å².